The lowest BCUT2D eigenvalue weighted by Gasteiger charge is -2.18. The van der Waals surface area contributed by atoms with Gasteiger partial charge in [0.1, 0.15) is 11.5 Å². The molecule has 8 nitrogen and oxygen atoms in total. The molecule has 2 N–H and O–H groups in total. The van der Waals surface area contributed by atoms with E-state index in [-0.39, 0.29) is 23.4 Å². The minimum Gasteiger partial charge on any atom is -0.497 e. The summed E-state index contributed by atoms with van der Waals surface area (Å²) in [4.78, 5) is 12.4. The van der Waals surface area contributed by atoms with Crippen molar-refractivity contribution in [3.05, 3.63) is 48.0 Å². The fraction of sp³-hybridized carbons (Fsp3) is 0.350. The maximum atomic E-state index is 12.3. The number of rotatable bonds is 9. The first-order valence-electron chi connectivity index (χ1n) is 8.96. The number of carbonyl (C=O) groups is 1. The van der Waals surface area contributed by atoms with Crippen LogP contribution in [0.4, 0.5) is 5.69 Å². The van der Waals surface area contributed by atoms with Gasteiger partial charge in [-0.25, -0.2) is 12.7 Å². The summed E-state index contributed by atoms with van der Waals surface area (Å²) < 4.78 is 36.2. The second-order valence-corrected chi connectivity index (χ2v) is 8.73. The van der Waals surface area contributed by atoms with Crippen LogP contribution in [0.3, 0.4) is 0 Å². The molecule has 29 heavy (non-hydrogen) atoms. The Morgan fingerprint density at radius 3 is 2.45 bits per heavy atom. The van der Waals surface area contributed by atoms with Crippen LogP contribution in [0.5, 0.6) is 11.5 Å². The minimum absolute atomic E-state index is 0.0339. The van der Waals surface area contributed by atoms with Gasteiger partial charge in [0.05, 0.1) is 25.7 Å². The van der Waals surface area contributed by atoms with Crippen molar-refractivity contribution in [3.8, 4) is 11.5 Å². The molecule has 0 fully saturated rings. The van der Waals surface area contributed by atoms with E-state index in [4.69, 9.17) is 9.47 Å². The largest absolute Gasteiger partial charge is 0.497 e. The molecular formula is C20H27N3O5S. The zero-order chi connectivity index (χ0) is 21.6. The summed E-state index contributed by atoms with van der Waals surface area (Å²) in [5.74, 6) is 1.09. The summed E-state index contributed by atoms with van der Waals surface area (Å²) in [6.07, 6.45) is 0. The molecule has 0 aromatic heterocycles. The number of nitrogens with one attached hydrogen (secondary N) is 2. The first-order chi connectivity index (χ1) is 13.7. The molecule has 158 valence electrons. The second-order valence-electron chi connectivity index (χ2n) is 6.57. The lowest BCUT2D eigenvalue weighted by molar-refractivity contribution is -0.115. The van der Waals surface area contributed by atoms with E-state index in [0.29, 0.717) is 17.2 Å². The molecule has 0 radical (unpaired) electrons. The van der Waals surface area contributed by atoms with Crippen molar-refractivity contribution in [2.24, 2.45) is 0 Å². The smallest absolute Gasteiger partial charge is 0.242 e. The molecule has 0 saturated heterocycles. The van der Waals surface area contributed by atoms with E-state index in [0.717, 1.165) is 9.87 Å². The number of methoxy groups -OCH3 is 2. The molecule has 1 amide bonds. The number of carbonyl (C=O) groups excluding carboxylic acids is 1. The summed E-state index contributed by atoms with van der Waals surface area (Å²) in [5, 5.41) is 5.84. The van der Waals surface area contributed by atoms with Gasteiger partial charge in [0, 0.05) is 31.4 Å². The molecule has 0 aliphatic carbocycles. The molecule has 2 rings (SSSR count). The van der Waals surface area contributed by atoms with Crippen LogP contribution in [0, 0.1) is 0 Å². The summed E-state index contributed by atoms with van der Waals surface area (Å²) >= 11 is 0. The Hall–Kier alpha value is -2.62. The SMILES string of the molecule is COc1ccc(OC)c([C@@H](C)NCC(=O)Nc2cccc(S(=O)(=O)N(C)C)c2)c1. The van der Waals surface area contributed by atoms with Gasteiger partial charge in [-0.3, -0.25) is 4.79 Å². The van der Waals surface area contributed by atoms with Crippen molar-refractivity contribution in [1.29, 1.82) is 0 Å². The van der Waals surface area contributed by atoms with Gasteiger partial charge in [0.25, 0.3) is 0 Å². The van der Waals surface area contributed by atoms with E-state index < -0.39 is 10.0 Å². The predicted octanol–water partition coefficient (Wildman–Crippen LogP) is 2.24. The van der Waals surface area contributed by atoms with E-state index in [2.05, 4.69) is 10.6 Å². The second kappa shape index (κ2) is 9.73. The van der Waals surface area contributed by atoms with Gasteiger partial charge < -0.3 is 20.1 Å². The van der Waals surface area contributed by atoms with Crippen molar-refractivity contribution in [3.63, 3.8) is 0 Å². The number of benzene rings is 2. The van der Waals surface area contributed by atoms with Gasteiger partial charge in [-0.2, -0.15) is 0 Å². The topological polar surface area (TPSA) is 97.0 Å². The highest BCUT2D eigenvalue weighted by atomic mass is 32.2. The van der Waals surface area contributed by atoms with Crippen molar-refractivity contribution in [2.45, 2.75) is 17.9 Å². The Morgan fingerprint density at radius 1 is 1.10 bits per heavy atom. The number of sulfonamides is 1. The average Bonchev–Trinajstić information content (AvgIpc) is 2.71. The van der Waals surface area contributed by atoms with E-state index in [1.54, 1.807) is 32.4 Å². The average molecular weight is 422 g/mol. The van der Waals surface area contributed by atoms with Crippen LogP contribution in [-0.4, -0.2) is 53.5 Å². The Bertz CT molecular complexity index is 960. The molecule has 0 unspecified atom stereocenters. The third-order valence-corrected chi connectivity index (χ3v) is 6.18. The molecule has 2 aromatic carbocycles. The van der Waals surface area contributed by atoms with Gasteiger partial charge in [0.15, 0.2) is 0 Å². The number of hydrogen-bond donors (Lipinski definition) is 2. The van der Waals surface area contributed by atoms with E-state index in [1.165, 1.54) is 26.2 Å². The standard InChI is InChI=1S/C20H27N3O5S/c1-14(18-12-16(27-4)9-10-19(18)28-5)21-13-20(24)22-15-7-6-8-17(11-15)29(25,26)23(2)3/h6-12,14,21H,13H2,1-5H3,(H,22,24)/t14-/m1/s1. The number of amides is 1. The summed E-state index contributed by atoms with van der Waals surface area (Å²) in [7, 11) is 2.51. The molecule has 2 aromatic rings. The molecule has 0 heterocycles. The summed E-state index contributed by atoms with van der Waals surface area (Å²) in [5.41, 5.74) is 1.27. The van der Waals surface area contributed by atoms with Gasteiger partial charge in [-0.1, -0.05) is 6.07 Å². The van der Waals surface area contributed by atoms with Crippen molar-refractivity contribution < 1.29 is 22.7 Å². The van der Waals surface area contributed by atoms with Crippen LogP contribution >= 0.6 is 0 Å². The molecule has 1 atom stereocenters. The molecule has 0 saturated carbocycles. The molecule has 0 spiro atoms. The first kappa shape index (κ1) is 22.7. The van der Waals surface area contributed by atoms with Crippen LogP contribution < -0.4 is 20.1 Å². The minimum atomic E-state index is -3.57. The molecular weight excluding hydrogens is 394 g/mol. The summed E-state index contributed by atoms with van der Waals surface area (Å²) in [6.45, 7) is 1.95. The van der Waals surface area contributed by atoms with Crippen LogP contribution in [-0.2, 0) is 14.8 Å². The van der Waals surface area contributed by atoms with Crippen LogP contribution in [0.25, 0.3) is 0 Å². The lowest BCUT2D eigenvalue weighted by Crippen LogP contribution is -2.30. The molecule has 0 aliphatic heterocycles. The van der Waals surface area contributed by atoms with Gasteiger partial charge >= 0.3 is 0 Å². The van der Waals surface area contributed by atoms with Crippen molar-refractivity contribution in [1.82, 2.24) is 9.62 Å². The highest BCUT2D eigenvalue weighted by molar-refractivity contribution is 7.89. The van der Waals surface area contributed by atoms with Crippen LogP contribution in [0.1, 0.15) is 18.5 Å². The Kier molecular flexibility index (Phi) is 7.60. The monoisotopic (exact) mass is 421 g/mol. The van der Waals surface area contributed by atoms with Gasteiger partial charge in [0.2, 0.25) is 15.9 Å². The highest BCUT2D eigenvalue weighted by Gasteiger charge is 2.18. The molecule has 0 bridgehead atoms. The quantitative estimate of drug-likeness (QED) is 0.645. The Morgan fingerprint density at radius 2 is 1.83 bits per heavy atom. The zero-order valence-electron chi connectivity index (χ0n) is 17.2. The Balaban J connectivity index is 2.04. The van der Waals surface area contributed by atoms with Crippen LogP contribution in [0.2, 0.25) is 0 Å². The maximum Gasteiger partial charge on any atom is 0.242 e. The molecule has 9 heteroatoms. The number of hydrogen-bond acceptors (Lipinski definition) is 6. The van der Waals surface area contributed by atoms with Crippen molar-refractivity contribution in [2.75, 3.05) is 40.2 Å². The third-order valence-electron chi connectivity index (χ3n) is 4.37. The van der Waals surface area contributed by atoms with Gasteiger partial charge in [-0.15, -0.1) is 0 Å². The number of nitrogens with zero attached hydrogens (tertiary/aromatic N) is 1. The number of anilines is 1. The lowest BCUT2D eigenvalue weighted by atomic mass is 10.1. The van der Waals surface area contributed by atoms with E-state index in [9.17, 15) is 13.2 Å². The normalized spacial score (nSPS) is 12.5. The van der Waals surface area contributed by atoms with Gasteiger partial charge in [-0.05, 0) is 43.3 Å². The maximum absolute atomic E-state index is 12.3. The number of ether oxygens (including phenoxy) is 2. The fourth-order valence-electron chi connectivity index (χ4n) is 2.68. The Labute approximate surface area is 171 Å². The molecule has 0 aliphatic rings. The van der Waals surface area contributed by atoms with Crippen LogP contribution in [0.15, 0.2) is 47.4 Å². The zero-order valence-corrected chi connectivity index (χ0v) is 18.0. The highest BCUT2D eigenvalue weighted by Crippen LogP contribution is 2.29. The van der Waals surface area contributed by atoms with E-state index in [1.807, 2.05) is 19.1 Å². The predicted molar refractivity (Wildman–Crippen MR) is 112 cm³/mol. The summed E-state index contributed by atoms with van der Waals surface area (Å²) in [6, 6.07) is 11.4. The fourth-order valence-corrected chi connectivity index (χ4v) is 3.63. The third kappa shape index (κ3) is 5.69. The van der Waals surface area contributed by atoms with Crippen molar-refractivity contribution >= 4 is 21.6 Å². The van der Waals surface area contributed by atoms with E-state index >= 15 is 0 Å². The first-order valence-corrected chi connectivity index (χ1v) is 10.4.